The summed E-state index contributed by atoms with van der Waals surface area (Å²) in [5.74, 6) is 0.868. The number of aromatic amines is 1. The molecule has 1 N–H and O–H groups in total. The number of nitrogens with one attached hydrogen (secondary N) is 1. The van der Waals surface area contributed by atoms with Crippen LogP contribution in [0.4, 0.5) is 17.1 Å². The molecule has 4 heteroatoms. The number of nitrogens with zero attached hydrogens (tertiary/aromatic N) is 3. The normalized spacial score (nSPS) is 11.4. The molecule has 0 fully saturated rings. The lowest BCUT2D eigenvalue weighted by Crippen LogP contribution is -2.29. The number of para-hydroxylation sites is 1. The largest absolute Gasteiger partial charge is 0.345 e. The van der Waals surface area contributed by atoms with Crippen molar-refractivity contribution >= 4 is 17.1 Å². The van der Waals surface area contributed by atoms with Crippen LogP contribution in [0.25, 0.3) is 11.4 Å². The van der Waals surface area contributed by atoms with Gasteiger partial charge in [0.25, 0.3) is 0 Å². The third-order valence-corrected chi connectivity index (χ3v) is 7.62. The third-order valence-electron chi connectivity index (χ3n) is 7.62. The molecule has 2 heterocycles. The number of hydrogen-bond acceptors (Lipinski definition) is 3. The van der Waals surface area contributed by atoms with E-state index < -0.39 is 0 Å². The van der Waals surface area contributed by atoms with Crippen molar-refractivity contribution < 1.29 is 0 Å². The minimum absolute atomic E-state index is 0.123. The van der Waals surface area contributed by atoms with Crippen molar-refractivity contribution in [2.75, 3.05) is 4.90 Å². The van der Waals surface area contributed by atoms with Crippen molar-refractivity contribution in [1.29, 1.82) is 0 Å². The highest BCUT2D eigenvalue weighted by molar-refractivity contribution is 5.79. The molecule has 0 spiro atoms. The number of aromatic nitrogens is 3. The Balaban J connectivity index is 1.66. The summed E-state index contributed by atoms with van der Waals surface area (Å²) in [5, 5.41) is 0. The molecule has 5 rings (SSSR count). The Labute approximate surface area is 232 Å². The maximum atomic E-state index is 4.94. The second kappa shape index (κ2) is 12.6. The van der Waals surface area contributed by atoms with Gasteiger partial charge in [0.05, 0.1) is 5.69 Å². The molecule has 0 radical (unpaired) electrons. The Morgan fingerprint density at radius 1 is 0.667 bits per heavy atom. The van der Waals surface area contributed by atoms with Crippen molar-refractivity contribution in [3.05, 3.63) is 127 Å². The zero-order valence-electron chi connectivity index (χ0n) is 23.1. The summed E-state index contributed by atoms with van der Waals surface area (Å²) in [5.41, 5.74) is 6.81. The molecule has 0 aliphatic rings. The SMILES string of the molecule is CCCCC(CCCC)(c1cccc(N(c2ccccc2)c2cccc(-c3ncc[nH]3)c2)c1)c1ccccn1. The predicted molar refractivity (Wildman–Crippen MR) is 163 cm³/mol. The zero-order chi connectivity index (χ0) is 26.9. The minimum Gasteiger partial charge on any atom is -0.345 e. The predicted octanol–water partition coefficient (Wildman–Crippen LogP) is 9.61. The molecule has 0 aliphatic heterocycles. The van der Waals surface area contributed by atoms with Crippen molar-refractivity contribution in [1.82, 2.24) is 15.0 Å². The molecule has 4 nitrogen and oxygen atoms in total. The van der Waals surface area contributed by atoms with Crippen LogP contribution in [-0.4, -0.2) is 15.0 Å². The smallest absolute Gasteiger partial charge is 0.137 e. The summed E-state index contributed by atoms with van der Waals surface area (Å²) >= 11 is 0. The summed E-state index contributed by atoms with van der Waals surface area (Å²) in [6, 6.07) is 34.7. The molecule has 0 saturated heterocycles. The lowest BCUT2D eigenvalue weighted by atomic mass is 9.70. The van der Waals surface area contributed by atoms with Gasteiger partial charge in [0, 0.05) is 46.6 Å². The molecule has 39 heavy (non-hydrogen) atoms. The van der Waals surface area contributed by atoms with E-state index in [-0.39, 0.29) is 5.41 Å². The summed E-state index contributed by atoms with van der Waals surface area (Å²) < 4.78 is 0. The molecular weight excluding hydrogens is 476 g/mol. The van der Waals surface area contributed by atoms with Gasteiger partial charge < -0.3 is 9.88 Å². The second-order valence-corrected chi connectivity index (χ2v) is 10.2. The first-order valence-electron chi connectivity index (χ1n) is 14.2. The number of hydrogen-bond donors (Lipinski definition) is 1. The number of pyridine rings is 1. The highest BCUT2D eigenvalue weighted by atomic mass is 15.1. The van der Waals surface area contributed by atoms with Gasteiger partial charge in [-0.15, -0.1) is 0 Å². The van der Waals surface area contributed by atoms with Crippen LogP contribution in [0.2, 0.25) is 0 Å². The molecule has 198 valence electrons. The number of rotatable bonds is 12. The fourth-order valence-corrected chi connectivity index (χ4v) is 5.60. The van der Waals surface area contributed by atoms with Crippen LogP contribution in [0.15, 0.2) is 116 Å². The van der Waals surface area contributed by atoms with Crippen LogP contribution in [0.3, 0.4) is 0 Å². The fraction of sp³-hybridized carbons (Fsp3) is 0.257. The Hall–Kier alpha value is -4.18. The van der Waals surface area contributed by atoms with Gasteiger partial charge in [-0.2, -0.15) is 0 Å². The molecule has 0 bridgehead atoms. The van der Waals surface area contributed by atoms with E-state index in [2.05, 4.69) is 120 Å². The molecule has 3 aromatic carbocycles. The lowest BCUT2D eigenvalue weighted by molar-refractivity contribution is 0.396. The maximum absolute atomic E-state index is 4.94. The summed E-state index contributed by atoms with van der Waals surface area (Å²) in [6.45, 7) is 4.56. The van der Waals surface area contributed by atoms with Crippen LogP contribution in [0.1, 0.15) is 63.6 Å². The molecule has 0 unspecified atom stereocenters. The van der Waals surface area contributed by atoms with Gasteiger partial charge in [-0.1, -0.05) is 88.1 Å². The van der Waals surface area contributed by atoms with Gasteiger partial charge >= 0.3 is 0 Å². The molecule has 2 aromatic heterocycles. The fourth-order valence-electron chi connectivity index (χ4n) is 5.60. The number of imidazole rings is 1. The first-order valence-corrected chi connectivity index (χ1v) is 14.2. The van der Waals surface area contributed by atoms with Gasteiger partial charge in [0.1, 0.15) is 5.82 Å². The van der Waals surface area contributed by atoms with Crippen LogP contribution >= 0.6 is 0 Å². The van der Waals surface area contributed by atoms with Crippen LogP contribution in [0, 0.1) is 0 Å². The second-order valence-electron chi connectivity index (χ2n) is 10.2. The zero-order valence-corrected chi connectivity index (χ0v) is 23.1. The highest BCUT2D eigenvalue weighted by Gasteiger charge is 2.35. The Bertz CT molecular complexity index is 1420. The van der Waals surface area contributed by atoms with E-state index in [1.807, 2.05) is 18.5 Å². The minimum atomic E-state index is -0.123. The van der Waals surface area contributed by atoms with E-state index in [4.69, 9.17) is 4.98 Å². The summed E-state index contributed by atoms with van der Waals surface area (Å²) in [6.07, 6.45) is 12.4. The van der Waals surface area contributed by atoms with Gasteiger partial charge in [-0.25, -0.2) is 4.98 Å². The lowest BCUT2D eigenvalue weighted by Gasteiger charge is -2.36. The number of H-pyrrole nitrogens is 1. The van der Waals surface area contributed by atoms with E-state index >= 15 is 0 Å². The first kappa shape index (κ1) is 26.4. The number of anilines is 3. The Morgan fingerprint density at radius 2 is 1.36 bits per heavy atom. The van der Waals surface area contributed by atoms with Crippen molar-refractivity contribution in [2.24, 2.45) is 0 Å². The number of unbranched alkanes of at least 4 members (excludes halogenated alkanes) is 2. The van der Waals surface area contributed by atoms with Gasteiger partial charge in [-0.05, 0) is 66.9 Å². The molecular formula is C35H38N4. The van der Waals surface area contributed by atoms with Crippen LogP contribution < -0.4 is 4.90 Å². The molecule has 0 atom stereocenters. The van der Waals surface area contributed by atoms with Gasteiger partial charge in [0.2, 0.25) is 0 Å². The van der Waals surface area contributed by atoms with E-state index in [0.29, 0.717) is 0 Å². The maximum Gasteiger partial charge on any atom is 0.137 e. The summed E-state index contributed by atoms with van der Waals surface area (Å²) in [7, 11) is 0. The van der Waals surface area contributed by atoms with Crippen LogP contribution in [0.5, 0.6) is 0 Å². The monoisotopic (exact) mass is 514 g/mol. The van der Waals surface area contributed by atoms with Crippen molar-refractivity contribution in [3.63, 3.8) is 0 Å². The van der Waals surface area contributed by atoms with Gasteiger partial charge in [-0.3, -0.25) is 4.98 Å². The molecule has 0 amide bonds. The van der Waals surface area contributed by atoms with Gasteiger partial charge in [0.15, 0.2) is 0 Å². The van der Waals surface area contributed by atoms with Crippen molar-refractivity contribution in [2.45, 2.75) is 57.8 Å². The molecule has 0 saturated carbocycles. The number of benzene rings is 3. The average molecular weight is 515 g/mol. The first-order chi connectivity index (χ1) is 19.2. The van der Waals surface area contributed by atoms with Crippen LogP contribution in [-0.2, 0) is 5.41 Å². The van der Waals surface area contributed by atoms with E-state index in [0.717, 1.165) is 67.0 Å². The molecule has 0 aliphatic carbocycles. The quantitative estimate of drug-likeness (QED) is 0.180. The topological polar surface area (TPSA) is 44.8 Å². The summed E-state index contributed by atoms with van der Waals surface area (Å²) in [4.78, 5) is 15.0. The molecule has 5 aromatic rings. The Morgan fingerprint density at radius 3 is 2.03 bits per heavy atom. The van der Waals surface area contributed by atoms with Crippen molar-refractivity contribution in [3.8, 4) is 11.4 Å². The third kappa shape index (κ3) is 5.80. The Kier molecular flexibility index (Phi) is 8.52. The van der Waals surface area contributed by atoms with E-state index in [1.54, 1.807) is 6.20 Å². The average Bonchev–Trinajstić information content (AvgIpc) is 3.55. The highest BCUT2D eigenvalue weighted by Crippen LogP contribution is 2.44. The van der Waals surface area contributed by atoms with E-state index in [1.165, 1.54) is 11.3 Å². The van der Waals surface area contributed by atoms with E-state index in [9.17, 15) is 0 Å². The standard InChI is InChI=1S/C35H38N4/c1-3-5-21-35(22-6-4-2,33-20-10-11-23-36-33)29-15-13-19-32(27-29)39(30-16-8-7-9-17-30)31-18-12-14-28(26-31)34-37-24-25-38-34/h7-20,23-27H,3-6,21-22H2,1-2H3,(H,37,38).